The Hall–Kier alpha value is -2.52. The van der Waals surface area contributed by atoms with Crippen molar-refractivity contribution >= 4 is 54.2 Å². The molecule has 0 atom stereocenters. The van der Waals surface area contributed by atoms with Crippen LogP contribution in [0.2, 0.25) is 0 Å². The van der Waals surface area contributed by atoms with Crippen LogP contribution in [0.25, 0.3) is 10.2 Å². The lowest BCUT2D eigenvalue weighted by molar-refractivity contribution is -0.385. The Morgan fingerprint density at radius 3 is 2.92 bits per heavy atom. The Morgan fingerprint density at radius 2 is 2.12 bits per heavy atom. The molecule has 1 heterocycles. The summed E-state index contributed by atoms with van der Waals surface area (Å²) in [7, 11) is 0. The molecule has 2 aromatic carbocycles. The first-order valence-corrected chi connectivity index (χ1v) is 8.36. The highest BCUT2D eigenvalue weighted by atomic mass is 79.9. The predicted octanol–water partition coefficient (Wildman–Crippen LogP) is 3.98. The fourth-order valence-corrected chi connectivity index (χ4v) is 3.41. The van der Waals surface area contributed by atoms with Crippen molar-refractivity contribution in [2.45, 2.75) is 0 Å². The first kappa shape index (κ1) is 16.3. The first-order valence-electron chi connectivity index (χ1n) is 6.75. The standard InChI is InChI=1S/C15H10BrN3O4S/c16-9-5-6-10-13(7-9)24-15(17-10)18-14(20)8-23-12-4-2-1-3-11(12)19(21)22/h1-7H,8H2,(H,17,18,20). The number of nitrogens with zero attached hydrogens (tertiary/aromatic N) is 2. The number of benzene rings is 2. The lowest BCUT2D eigenvalue weighted by atomic mass is 10.3. The van der Waals surface area contributed by atoms with Gasteiger partial charge in [0.1, 0.15) is 0 Å². The number of rotatable bonds is 5. The zero-order valence-corrected chi connectivity index (χ0v) is 14.5. The van der Waals surface area contributed by atoms with E-state index >= 15 is 0 Å². The van der Waals surface area contributed by atoms with Gasteiger partial charge in [0, 0.05) is 10.5 Å². The molecule has 9 heteroatoms. The second-order valence-electron chi connectivity index (χ2n) is 4.69. The van der Waals surface area contributed by atoms with Crippen LogP contribution < -0.4 is 10.1 Å². The van der Waals surface area contributed by atoms with Crippen LogP contribution in [-0.2, 0) is 4.79 Å². The van der Waals surface area contributed by atoms with Crippen LogP contribution in [0.1, 0.15) is 0 Å². The molecule has 24 heavy (non-hydrogen) atoms. The van der Waals surface area contributed by atoms with Crippen LogP contribution in [0, 0.1) is 10.1 Å². The monoisotopic (exact) mass is 407 g/mol. The summed E-state index contributed by atoms with van der Waals surface area (Å²) in [5.41, 5.74) is 0.591. The quantitative estimate of drug-likeness (QED) is 0.509. The molecule has 0 aliphatic carbocycles. The Labute approximate surface area is 148 Å². The number of ether oxygens (including phenoxy) is 1. The van der Waals surface area contributed by atoms with Crippen molar-refractivity contribution in [2.75, 3.05) is 11.9 Å². The summed E-state index contributed by atoms with van der Waals surface area (Å²) in [5.74, 6) is -0.392. The van der Waals surface area contributed by atoms with Crippen LogP contribution in [0.3, 0.4) is 0 Å². The van der Waals surface area contributed by atoms with Gasteiger partial charge in [0.2, 0.25) is 0 Å². The molecule has 0 radical (unpaired) electrons. The molecule has 1 N–H and O–H groups in total. The molecular formula is C15H10BrN3O4S. The summed E-state index contributed by atoms with van der Waals surface area (Å²) in [4.78, 5) is 26.6. The molecule has 0 unspecified atom stereocenters. The maximum absolute atomic E-state index is 12.0. The van der Waals surface area contributed by atoms with E-state index in [2.05, 4.69) is 26.2 Å². The van der Waals surface area contributed by atoms with Crippen molar-refractivity contribution in [3.05, 3.63) is 57.1 Å². The first-order chi connectivity index (χ1) is 11.5. The van der Waals surface area contributed by atoms with E-state index in [0.717, 1.165) is 14.7 Å². The Balaban J connectivity index is 1.66. The number of halogens is 1. The number of nitro groups is 1. The highest BCUT2D eigenvalue weighted by Gasteiger charge is 2.15. The second-order valence-corrected chi connectivity index (χ2v) is 6.64. The van der Waals surface area contributed by atoms with E-state index in [4.69, 9.17) is 4.74 Å². The molecular weight excluding hydrogens is 398 g/mol. The highest BCUT2D eigenvalue weighted by molar-refractivity contribution is 9.10. The third-order valence-electron chi connectivity index (χ3n) is 3.02. The van der Waals surface area contributed by atoms with Gasteiger partial charge in [-0.25, -0.2) is 4.98 Å². The van der Waals surface area contributed by atoms with Gasteiger partial charge in [-0.2, -0.15) is 0 Å². The van der Waals surface area contributed by atoms with E-state index < -0.39 is 10.8 Å². The molecule has 3 rings (SSSR count). The molecule has 0 aliphatic heterocycles. The van der Waals surface area contributed by atoms with Gasteiger partial charge in [-0.3, -0.25) is 20.2 Å². The number of amides is 1. The van der Waals surface area contributed by atoms with E-state index in [0.29, 0.717) is 5.13 Å². The van der Waals surface area contributed by atoms with E-state index in [-0.39, 0.29) is 18.0 Å². The topological polar surface area (TPSA) is 94.4 Å². The summed E-state index contributed by atoms with van der Waals surface area (Å²) >= 11 is 4.71. The third kappa shape index (κ3) is 3.69. The zero-order valence-electron chi connectivity index (χ0n) is 12.1. The van der Waals surface area contributed by atoms with E-state index in [1.807, 2.05) is 18.2 Å². The maximum atomic E-state index is 12.0. The number of fused-ring (bicyclic) bond motifs is 1. The van der Waals surface area contributed by atoms with Crippen LogP contribution in [0.15, 0.2) is 46.9 Å². The van der Waals surface area contributed by atoms with Crippen molar-refractivity contribution in [3.8, 4) is 5.75 Å². The number of thiazole rings is 1. The summed E-state index contributed by atoms with van der Waals surface area (Å²) < 4.78 is 7.10. The predicted molar refractivity (Wildman–Crippen MR) is 94.5 cm³/mol. The molecule has 0 spiro atoms. The molecule has 0 bridgehead atoms. The van der Waals surface area contributed by atoms with Gasteiger partial charge in [-0.15, -0.1) is 0 Å². The lowest BCUT2D eigenvalue weighted by Crippen LogP contribution is -2.20. The summed E-state index contributed by atoms with van der Waals surface area (Å²) in [5, 5.41) is 14.0. The molecule has 7 nitrogen and oxygen atoms in total. The van der Waals surface area contributed by atoms with Gasteiger partial charge in [-0.1, -0.05) is 39.4 Å². The largest absolute Gasteiger partial charge is 0.477 e. The number of carbonyl (C=O) groups excluding carboxylic acids is 1. The third-order valence-corrected chi connectivity index (χ3v) is 4.44. The number of anilines is 1. The lowest BCUT2D eigenvalue weighted by Gasteiger charge is -2.05. The number of para-hydroxylation sites is 2. The van der Waals surface area contributed by atoms with Crippen molar-refractivity contribution in [3.63, 3.8) is 0 Å². The SMILES string of the molecule is O=C(COc1ccccc1[N+](=O)[O-])Nc1nc2ccc(Br)cc2s1. The van der Waals surface area contributed by atoms with Gasteiger partial charge in [0.05, 0.1) is 15.1 Å². The molecule has 1 amide bonds. The Kier molecular flexibility index (Phi) is 4.72. The minimum atomic E-state index is -0.557. The fourth-order valence-electron chi connectivity index (χ4n) is 1.98. The van der Waals surface area contributed by atoms with E-state index in [1.165, 1.54) is 29.5 Å². The van der Waals surface area contributed by atoms with Gasteiger partial charge >= 0.3 is 5.69 Å². The number of hydrogen-bond donors (Lipinski definition) is 1. The Morgan fingerprint density at radius 1 is 1.33 bits per heavy atom. The molecule has 0 saturated heterocycles. The second kappa shape index (κ2) is 6.93. The number of aromatic nitrogens is 1. The molecule has 0 aliphatic rings. The van der Waals surface area contributed by atoms with Gasteiger partial charge in [0.25, 0.3) is 5.91 Å². The van der Waals surface area contributed by atoms with E-state index in [1.54, 1.807) is 6.07 Å². The average Bonchev–Trinajstić information content (AvgIpc) is 2.94. The normalized spacial score (nSPS) is 10.5. The van der Waals surface area contributed by atoms with Crippen molar-refractivity contribution < 1.29 is 14.5 Å². The Bertz CT molecular complexity index is 928. The van der Waals surface area contributed by atoms with Gasteiger partial charge < -0.3 is 4.74 Å². The molecule has 1 aromatic heterocycles. The highest BCUT2D eigenvalue weighted by Crippen LogP contribution is 2.29. The molecule has 122 valence electrons. The van der Waals surface area contributed by atoms with Crippen molar-refractivity contribution in [1.82, 2.24) is 4.98 Å². The van der Waals surface area contributed by atoms with Crippen LogP contribution >= 0.6 is 27.3 Å². The minimum absolute atomic E-state index is 0.0471. The van der Waals surface area contributed by atoms with Crippen molar-refractivity contribution in [1.29, 1.82) is 0 Å². The number of hydrogen-bond acceptors (Lipinski definition) is 6. The van der Waals surface area contributed by atoms with Crippen molar-refractivity contribution in [2.24, 2.45) is 0 Å². The van der Waals surface area contributed by atoms with Crippen LogP contribution in [0.5, 0.6) is 5.75 Å². The summed E-state index contributed by atoms with van der Waals surface area (Å²) in [6.45, 7) is -0.343. The van der Waals surface area contributed by atoms with Crippen LogP contribution in [-0.4, -0.2) is 22.4 Å². The van der Waals surface area contributed by atoms with E-state index in [9.17, 15) is 14.9 Å². The number of carbonyl (C=O) groups is 1. The maximum Gasteiger partial charge on any atom is 0.310 e. The van der Waals surface area contributed by atoms with Gasteiger partial charge in [-0.05, 0) is 24.3 Å². The molecule has 3 aromatic rings. The average molecular weight is 408 g/mol. The number of nitrogens with one attached hydrogen (secondary N) is 1. The number of nitro benzene ring substituents is 1. The fraction of sp³-hybridized carbons (Fsp3) is 0.0667. The smallest absolute Gasteiger partial charge is 0.310 e. The zero-order chi connectivity index (χ0) is 17.1. The van der Waals surface area contributed by atoms with Crippen LogP contribution in [0.4, 0.5) is 10.8 Å². The summed E-state index contributed by atoms with van der Waals surface area (Å²) in [6.07, 6.45) is 0. The van der Waals surface area contributed by atoms with Gasteiger partial charge in [0.15, 0.2) is 17.5 Å². The molecule has 0 fully saturated rings. The molecule has 0 saturated carbocycles. The summed E-state index contributed by atoms with van der Waals surface area (Å²) in [6, 6.07) is 11.5. The minimum Gasteiger partial charge on any atom is -0.477 e.